The summed E-state index contributed by atoms with van der Waals surface area (Å²) in [5.41, 5.74) is 0.352. The second-order valence-corrected chi connectivity index (χ2v) is 8.11. The molecule has 0 unspecified atom stereocenters. The van der Waals surface area contributed by atoms with Crippen LogP contribution in [0.1, 0.15) is 31.1 Å². The third kappa shape index (κ3) is 5.10. The lowest BCUT2D eigenvalue weighted by Crippen LogP contribution is -2.30. The molecule has 7 nitrogen and oxygen atoms in total. The second kappa shape index (κ2) is 9.36. The Balaban J connectivity index is 2.14. The van der Waals surface area contributed by atoms with E-state index in [9.17, 15) is 18.0 Å². The highest BCUT2D eigenvalue weighted by Crippen LogP contribution is 2.24. The van der Waals surface area contributed by atoms with Gasteiger partial charge >= 0.3 is 5.97 Å². The fourth-order valence-corrected chi connectivity index (χ4v) is 3.51. The lowest BCUT2D eigenvalue weighted by atomic mass is 10.2. The number of ether oxygens (including phenoxy) is 2. The molecule has 1 amide bonds. The number of benzene rings is 2. The van der Waals surface area contributed by atoms with Gasteiger partial charge in [-0.3, -0.25) is 4.79 Å². The highest BCUT2D eigenvalue weighted by atomic mass is 32.2. The number of amides is 1. The summed E-state index contributed by atoms with van der Waals surface area (Å²) < 4.78 is 35.0. The van der Waals surface area contributed by atoms with Crippen LogP contribution in [0, 0.1) is 0 Å². The van der Waals surface area contributed by atoms with Crippen LogP contribution in [0.5, 0.6) is 5.75 Å². The van der Waals surface area contributed by atoms with Gasteiger partial charge in [0, 0.05) is 0 Å². The zero-order chi connectivity index (χ0) is 20.7. The molecule has 2 rings (SSSR count). The third-order valence-electron chi connectivity index (χ3n) is 3.92. The number of nitrogens with one attached hydrogen (secondary N) is 1. The van der Waals surface area contributed by atoms with E-state index in [1.54, 1.807) is 24.3 Å². The Morgan fingerprint density at radius 2 is 1.68 bits per heavy atom. The van der Waals surface area contributed by atoms with Gasteiger partial charge in [-0.15, -0.1) is 0 Å². The molecule has 0 radical (unpaired) electrons. The predicted octanol–water partition coefficient (Wildman–Crippen LogP) is 3.06. The van der Waals surface area contributed by atoms with Gasteiger partial charge in [0.05, 0.1) is 28.5 Å². The van der Waals surface area contributed by atoms with Crippen LogP contribution in [-0.2, 0) is 19.4 Å². The average molecular weight is 405 g/mol. The van der Waals surface area contributed by atoms with Crippen molar-refractivity contribution in [2.45, 2.75) is 31.8 Å². The number of carbonyl (C=O) groups excluding carboxylic acids is 2. The van der Waals surface area contributed by atoms with Gasteiger partial charge in [0.2, 0.25) is 0 Å². The first kappa shape index (κ1) is 21.4. The molecule has 0 heterocycles. The maximum Gasteiger partial charge on any atom is 0.340 e. The minimum absolute atomic E-state index is 0.0984. The quantitative estimate of drug-likeness (QED) is 0.678. The Hall–Kier alpha value is -2.87. The van der Waals surface area contributed by atoms with Crippen molar-refractivity contribution in [2.24, 2.45) is 0 Å². The van der Waals surface area contributed by atoms with Crippen molar-refractivity contribution in [2.75, 3.05) is 17.7 Å². The number of hydrogen-bond donors (Lipinski definition) is 1. The third-order valence-corrected chi connectivity index (χ3v) is 5.71. The van der Waals surface area contributed by atoms with E-state index in [1.165, 1.54) is 38.1 Å². The summed E-state index contributed by atoms with van der Waals surface area (Å²) in [6, 6.07) is 12.7. The Kier molecular flexibility index (Phi) is 7.17. The van der Waals surface area contributed by atoms with Gasteiger partial charge < -0.3 is 14.8 Å². The zero-order valence-electron chi connectivity index (χ0n) is 16.0. The number of esters is 1. The highest BCUT2D eigenvalue weighted by Gasteiger charge is 2.25. The van der Waals surface area contributed by atoms with E-state index in [4.69, 9.17) is 9.47 Å². The second-order valence-electron chi connectivity index (χ2n) is 5.87. The van der Waals surface area contributed by atoms with Crippen LogP contribution in [0.3, 0.4) is 0 Å². The highest BCUT2D eigenvalue weighted by molar-refractivity contribution is 7.91. The number of hydrogen-bond acceptors (Lipinski definition) is 6. The molecule has 0 fully saturated rings. The van der Waals surface area contributed by atoms with Crippen LogP contribution in [0.25, 0.3) is 0 Å². The zero-order valence-corrected chi connectivity index (χ0v) is 16.8. The van der Waals surface area contributed by atoms with Crippen molar-refractivity contribution in [3.63, 3.8) is 0 Å². The fraction of sp³-hybridized carbons (Fsp3) is 0.300. The monoisotopic (exact) mass is 405 g/mol. The Bertz CT molecular complexity index is 955. The van der Waals surface area contributed by atoms with Gasteiger partial charge in [-0.05, 0) is 38.1 Å². The van der Waals surface area contributed by atoms with E-state index in [1.807, 2.05) is 6.92 Å². The van der Waals surface area contributed by atoms with Crippen LogP contribution < -0.4 is 10.1 Å². The SMILES string of the molecule is CCOc1ccccc1NC(=O)[C@@H](C)OC(=O)c1ccccc1S(=O)(=O)CC. The fourth-order valence-electron chi connectivity index (χ4n) is 2.43. The molecular weight excluding hydrogens is 382 g/mol. The molecule has 8 heteroatoms. The van der Waals surface area contributed by atoms with Crippen LogP contribution in [0.2, 0.25) is 0 Å². The van der Waals surface area contributed by atoms with Crippen molar-refractivity contribution < 1.29 is 27.5 Å². The smallest absolute Gasteiger partial charge is 0.340 e. The van der Waals surface area contributed by atoms with Crippen molar-refractivity contribution >= 4 is 27.4 Å². The Labute approximate surface area is 164 Å². The first-order valence-corrected chi connectivity index (χ1v) is 10.5. The van der Waals surface area contributed by atoms with Gasteiger partial charge in [-0.1, -0.05) is 31.2 Å². The summed E-state index contributed by atoms with van der Waals surface area (Å²) in [5.74, 6) is -1.09. The lowest BCUT2D eigenvalue weighted by Gasteiger charge is -2.16. The molecule has 150 valence electrons. The van der Waals surface area contributed by atoms with Gasteiger partial charge in [-0.2, -0.15) is 0 Å². The number of carbonyl (C=O) groups is 2. The minimum Gasteiger partial charge on any atom is -0.492 e. The van der Waals surface area contributed by atoms with E-state index in [-0.39, 0.29) is 16.2 Å². The number of rotatable bonds is 8. The van der Waals surface area contributed by atoms with Crippen LogP contribution in [-0.4, -0.2) is 38.8 Å². The molecular formula is C20H23NO6S. The topological polar surface area (TPSA) is 98.8 Å². The van der Waals surface area contributed by atoms with E-state index in [2.05, 4.69) is 5.32 Å². The van der Waals surface area contributed by atoms with Crippen LogP contribution in [0.15, 0.2) is 53.4 Å². The van der Waals surface area contributed by atoms with Gasteiger partial charge in [0.15, 0.2) is 15.9 Å². The molecule has 0 saturated heterocycles. The summed E-state index contributed by atoms with van der Waals surface area (Å²) in [6.45, 7) is 5.15. The summed E-state index contributed by atoms with van der Waals surface area (Å²) in [6.07, 6.45) is -1.14. The molecule has 0 bridgehead atoms. The normalized spacial score (nSPS) is 12.1. The van der Waals surface area contributed by atoms with Crippen molar-refractivity contribution in [3.8, 4) is 5.75 Å². The molecule has 0 saturated carbocycles. The standard InChI is InChI=1S/C20H23NO6S/c1-4-26-17-12-8-7-11-16(17)21-19(22)14(3)27-20(23)15-10-6-9-13-18(15)28(24,25)5-2/h6-14H,4-5H2,1-3H3,(H,21,22)/t14-/m1/s1. The summed E-state index contributed by atoms with van der Waals surface area (Å²) in [5, 5.41) is 2.65. The molecule has 0 aliphatic carbocycles. The van der Waals surface area contributed by atoms with Gasteiger partial charge in [-0.25, -0.2) is 13.2 Å². The lowest BCUT2D eigenvalue weighted by molar-refractivity contribution is -0.123. The molecule has 0 spiro atoms. The van der Waals surface area contributed by atoms with E-state index in [0.717, 1.165) is 0 Å². The average Bonchev–Trinajstić information content (AvgIpc) is 2.69. The number of sulfone groups is 1. The summed E-state index contributed by atoms with van der Waals surface area (Å²) in [7, 11) is -3.61. The summed E-state index contributed by atoms with van der Waals surface area (Å²) >= 11 is 0. The molecule has 0 aromatic heterocycles. The van der Waals surface area contributed by atoms with Crippen molar-refractivity contribution in [1.29, 1.82) is 0 Å². The largest absolute Gasteiger partial charge is 0.492 e. The number of para-hydroxylation sites is 2. The molecule has 1 atom stereocenters. The molecule has 2 aromatic carbocycles. The van der Waals surface area contributed by atoms with E-state index in [0.29, 0.717) is 18.0 Å². The molecule has 0 aliphatic heterocycles. The van der Waals surface area contributed by atoms with Crippen molar-refractivity contribution in [3.05, 3.63) is 54.1 Å². The minimum atomic E-state index is -3.61. The first-order valence-electron chi connectivity index (χ1n) is 8.85. The maximum atomic E-state index is 12.5. The first-order chi connectivity index (χ1) is 13.3. The molecule has 28 heavy (non-hydrogen) atoms. The van der Waals surface area contributed by atoms with E-state index >= 15 is 0 Å². The van der Waals surface area contributed by atoms with E-state index < -0.39 is 27.8 Å². The van der Waals surface area contributed by atoms with Gasteiger partial charge in [0.25, 0.3) is 5.91 Å². The van der Waals surface area contributed by atoms with Crippen LogP contribution >= 0.6 is 0 Å². The molecule has 0 aliphatic rings. The Morgan fingerprint density at radius 3 is 2.36 bits per heavy atom. The van der Waals surface area contributed by atoms with Crippen molar-refractivity contribution in [1.82, 2.24) is 0 Å². The Morgan fingerprint density at radius 1 is 1.04 bits per heavy atom. The predicted molar refractivity (Wildman–Crippen MR) is 105 cm³/mol. The van der Waals surface area contributed by atoms with Gasteiger partial charge in [0.1, 0.15) is 5.75 Å². The summed E-state index contributed by atoms with van der Waals surface area (Å²) in [4.78, 5) is 24.8. The molecule has 2 aromatic rings. The molecule has 1 N–H and O–H groups in total. The van der Waals surface area contributed by atoms with Crippen LogP contribution in [0.4, 0.5) is 5.69 Å². The maximum absolute atomic E-state index is 12.5. The number of anilines is 1.